The minimum Gasteiger partial charge on any atom is -0.302 e. The summed E-state index contributed by atoms with van der Waals surface area (Å²) in [6.07, 6.45) is 6.58. The molecule has 0 aromatic heterocycles. The zero-order valence-corrected chi connectivity index (χ0v) is 12.6. The van der Waals surface area contributed by atoms with Gasteiger partial charge in [0.25, 0.3) is 0 Å². The number of hydrogen-bond donors (Lipinski definition) is 1. The van der Waals surface area contributed by atoms with Gasteiger partial charge in [0.1, 0.15) is 5.82 Å². The highest BCUT2D eigenvalue weighted by atomic mass is 32.1. The van der Waals surface area contributed by atoms with Gasteiger partial charge in [0.15, 0.2) is 0 Å². The second-order valence-electron chi connectivity index (χ2n) is 6.02. The highest BCUT2D eigenvalue weighted by molar-refractivity contribution is 7.80. The number of thiol groups is 1. The van der Waals surface area contributed by atoms with E-state index in [-0.39, 0.29) is 5.82 Å². The maximum atomic E-state index is 13.2. The number of halogens is 1. The summed E-state index contributed by atoms with van der Waals surface area (Å²) in [5.74, 6) is 0.813. The van der Waals surface area contributed by atoms with Crippen molar-refractivity contribution in [3.8, 4) is 0 Å². The normalized spacial score (nSPS) is 18.7. The van der Waals surface area contributed by atoms with E-state index in [4.69, 9.17) is 0 Å². The van der Waals surface area contributed by atoms with Crippen LogP contribution in [0.1, 0.15) is 37.7 Å². The summed E-state index contributed by atoms with van der Waals surface area (Å²) < 4.78 is 13.2. The van der Waals surface area contributed by atoms with E-state index in [1.807, 2.05) is 6.07 Å². The van der Waals surface area contributed by atoms with Crippen LogP contribution in [0.5, 0.6) is 0 Å². The van der Waals surface area contributed by atoms with Crippen molar-refractivity contribution in [2.45, 2.75) is 38.6 Å². The van der Waals surface area contributed by atoms with Crippen LogP contribution in [0, 0.1) is 11.2 Å². The second kappa shape index (κ2) is 6.76. The van der Waals surface area contributed by atoms with Crippen LogP contribution >= 0.6 is 12.6 Å². The summed E-state index contributed by atoms with van der Waals surface area (Å²) in [6, 6.07) is 6.91. The molecule has 1 aromatic rings. The number of rotatable bonds is 5. The molecule has 0 heterocycles. The Balaban J connectivity index is 1.94. The van der Waals surface area contributed by atoms with Gasteiger partial charge in [0, 0.05) is 13.1 Å². The van der Waals surface area contributed by atoms with Crippen molar-refractivity contribution < 1.29 is 4.39 Å². The van der Waals surface area contributed by atoms with Crippen molar-refractivity contribution in [3.05, 3.63) is 35.6 Å². The molecular weight excluding hydrogens is 257 g/mol. The molecule has 2 rings (SSSR count). The fourth-order valence-corrected chi connectivity index (χ4v) is 3.66. The predicted octanol–water partition coefficient (Wildman–Crippen LogP) is 4.14. The molecule has 1 fully saturated rings. The first-order valence-electron chi connectivity index (χ1n) is 7.17. The Morgan fingerprint density at radius 2 is 2.00 bits per heavy atom. The molecule has 1 aliphatic carbocycles. The van der Waals surface area contributed by atoms with Crippen molar-refractivity contribution in [1.29, 1.82) is 0 Å². The Kier molecular flexibility index (Phi) is 5.28. The van der Waals surface area contributed by atoms with Gasteiger partial charge in [-0.3, -0.25) is 0 Å². The summed E-state index contributed by atoms with van der Waals surface area (Å²) >= 11 is 4.58. The maximum Gasteiger partial charge on any atom is 0.123 e. The molecule has 0 radical (unpaired) electrons. The van der Waals surface area contributed by atoms with E-state index in [0.29, 0.717) is 5.41 Å². The highest BCUT2D eigenvalue weighted by Crippen LogP contribution is 2.38. The van der Waals surface area contributed by atoms with Gasteiger partial charge < -0.3 is 4.90 Å². The summed E-state index contributed by atoms with van der Waals surface area (Å²) in [5.41, 5.74) is 1.41. The monoisotopic (exact) mass is 281 g/mol. The molecule has 0 unspecified atom stereocenters. The topological polar surface area (TPSA) is 3.24 Å². The molecule has 0 atom stereocenters. The number of nitrogens with zero attached hydrogens (tertiary/aromatic N) is 1. The van der Waals surface area contributed by atoms with E-state index in [0.717, 1.165) is 24.4 Å². The first kappa shape index (κ1) is 14.9. The van der Waals surface area contributed by atoms with Crippen LogP contribution in [0.4, 0.5) is 4.39 Å². The average molecular weight is 281 g/mol. The molecule has 1 aliphatic rings. The molecule has 0 saturated heterocycles. The molecule has 1 aromatic carbocycles. The van der Waals surface area contributed by atoms with Crippen molar-refractivity contribution in [2.24, 2.45) is 5.41 Å². The lowest BCUT2D eigenvalue weighted by molar-refractivity contribution is 0.140. The van der Waals surface area contributed by atoms with E-state index in [1.54, 1.807) is 12.1 Å². The van der Waals surface area contributed by atoms with Crippen LogP contribution in [0.25, 0.3) is 0 Å². The van der Waals surface area contributed by atoms with Gasteiger partial charge >= 0.3 is 0 Å². The van der Waals surface area contributed by atoms with Crippen LogP contribution in [-0.2, 0) is 6.54 Å². The lowest BCUT2D eigenvalue weighted by Gasteiger charge is -2.39. The standard InChI is InChI=1S/C16H24FNS/c1-18(11-14-6-5-7-15(17)10-14)12-16(13-19)8-3-2-4-9-16/h5-7,10,19H,2-4,8-9,11-13H2,1H3. The van der Waals surface area contributed by atoms with Crippen LogP contribution in [0.15, 0.2) is 24.3 Å². The van der Waals surface area contributed by atoms with Crippen LogP contribution in [-0.4, -0.2) is 24.2 Å². The van der Waals surface area contributed by atoms with Gasteiger partial charge in [0.05, 0.1) is 0 Å². The van der Waals surface area contributed by atoms with Gasteiger partial charge in [0.2, 0.25) is 0 Å². The van der Waals surface area contributed by atoms with Crippen molar-refractivity contribution >= 4 is 12.6 Å². The second-order valence-corrected chi connectivity index (χ2v) is 6.34. The molecule has 0 bridgehead atoms. The maximum absolute atomic E-state index is 13.2. The Morgan fingerprint density at radius 3 is 2.63 bits per heavy atom. The molecule has 106 valence electrons. The summed E-state index contributed by atoms with van der Waals surface area (Å²) in [4.78, 5) is 2.32. The molecule has 1 saturated carbocycles. The molecule has 19 heavy (non-hydrogen) atoms. The third kappa shape index (κ3) is 4.22. The molecule has 0 spiro atoms. The zero-order chi connectivity index (χ0) is 13.7. The Bertz CT molecular complexity index is 401. The Hall–Kier alpha value is -0.540. The highest BCUT2D eigenvalue weighted by Gasteiger charge is 2.31. The molecule has 0 N–H and O–H groups in total. The van der Waals surface area contributed by atoms with Gasteiger partial charge in [-0.25, -0.2) is 4.39 Å². The summed E-state index contributed by atoms with van der Waals surface area (Å²) in [7, 11) is 2.13. The SMILES string of the molecule is CN(Cc1cccc(F)c1)CC1(CS)CCCCC1. The average Bonchev–Trinajstić information content (AvgIpc) is 2.39. The minimum absolute atomic E-state index is 0.146. The quantitative estimate of drug-likeness (QED) is 0.794. The zero-order valence-electron chi connectivity index (χ0n) is 11.7. The van der Waals surface area contributed by atoms with E-state index >= 15 is 0 Å². The fourth-order valence-electron chi connectivity index (χ4n) is 3.24. The fraction of sp³-hybridized carbons (Fsp3) is 0.625. The molecule has 0 amide bonds. The smallest absolute Gasteiger partial charge is 0.123 e. The van der Waals surface area contributed by atoms with E-state index in [2.05, 4.69) is 24.6 Å². The Morgan fingerprint density at radius 1 is 1.26 bits per heavy atom. The summed E-state index contributed by atoms with van der Waals surface area (Å²) in [6.45, 7) is 1.88. The number of hydrogen-bond acceptors (Lipinski definition) is 2. The first-order chi connectivity index (χ1) is 9.13. The lowest BCUT2D eigenvalue weighted by atomic mass is 9.75. The molecular formula is C16H24FNS. The molecule has 3 heteroatoms. The minimum atomic E-state index is -0.146. The van der Waals surface area contributed by atoms with Crippen molar-refractivity contribution in [3.63, 3.8) is 0 Å². The largest absolute Gasteiger partial charge is 0.302 e. The van der Waals surface area contributed by atoms with Crippen LogP contribution in [0.3, 0.4) is 0 Å². The number of benzene rings is 1. The molecule has 0 aliphatic heterocycles. The van der Waals surface area contributed by atoms with Gasteiger partial charge in [-0.1, -0.05) is 31.4 Å². The van der Waals surface area contributed by atoms with Gasteiger partial charge in [-0.05, 0) is 48.8 Å². The lowest BCUT2D eigenvalue weighted by Crippen LogP contribution is -2.38. The van der Waals surface area contributed by atoms with E-state index in [9.17, 15) is 4.39 Å². The Labute approximate surface area is 121 Å². The van der Waals surface area contributed by atoms with Gasteiger partial charge in [-0.15, -0.1) is 0 Å². The third-order valence-electron chi connectivity index (χ3n) is 4.20. The van der Waals surface area contributed by atoms with E-state index < -0.39 is 0 Å². The summed E-state index contributed by atoms with van der Waals surface area (Å²) in [5, 5.41) is 0. The molecule has 1 nitrogen and oxygen atoms in total. The van der Waals surface area contributed by atoms with Crippen LogP contribution in [0.2, 0.25) is 0 Å². The van der Waals surface area contributed by atoms with Gasteiger partial charge in [-0.2, -0.15) is 12.6 Å². The van der Waals surface area contributed by atoms with Crippen LogP contribution < -0.4 is 0 Å². The first-order valence-corrected chi connectivity index (χ1v) is 7.81. The third-order valence-corrected chi connectivity index (χ3v) is 4.87. The van der Waals surface area contributed by atoms with Crippen molar-refractivity contribution in [2.75, 3.05) is 19.3 Å². The predicted molar refractivity (Wildman–Crippen MR) is 82.1 cm³/mol. The van der Waals surface area contributed by atoms with E-state index in [1.165, 1.54) is 38.2 Å². The van der Waals surface area contributed by atoms with Crippen molar-refractivity contribution in [1.82, 2.24) is 4.90 Å².